The van der Waals surface area contributed by atoms with Gasteiger partial charge in [0.05, 0.1) is 0 Å². The maximum Gasteiger partial charge on any atom is 0.135 e. The molecule has 0 nitrogen and oxygen atoms in total. The van der Waals surface area contributed by atoms with Crippen LogP contribution in [0.25, 0.3) is 0 Å². The zero-order valence-corrected chi connectivity index (χ0v) is 73.3. The Balaban J connectivity index is 4.82. The minimum Gasteiger partial charge on any atom is -0.0785 e. The summed E-state index contributed by atoms with van der Waals surface area (Å²) in [6, 6.07) is 0. The Morgan fingerprint density at radius 2 is 0.240 bits per heavy atom. The smallest absolute Gasteiger partial charge is 0.0785 e. The van der Waals surface area contributed by atoms with Crippen LogP contribution in [0.1, 0.15) is 0 Å². The monoisotopic (exact) mass is 2810 g/mol. The van der Waals surface area contributed by atoms with Crippen molar-refractivity contribution < 1.29 is 0 Å². The highest BCUT2D eigenvalue weighted by molar-refractivity contribution is 9.40. The second-order valence-electron chi connectivity index (χ2n) is 9.50. The van der Waals surface area contributed by atoms with Gasteiger partial charge in [0, 0.05) is 0 Å². The first-order chi connectivity index (χ1) is 20.9. The highest BCUT2D eigenvalue weighted by atomic mass is 80.0. The van der Waals surface area contributed by atoms with E-state index in [0.29, 0.717) is 4.83 Å². The van der Waals surface area contributed by atoms with Gasteiger partial charge in [-0.1, -0.05) is 526 Å². The van der Waals surface area contributed by atoms with Crippen LogP contribution in [0.2, 0.25) is 0 Å². The maximum absolute atomic E-state index is 4.02. The molecular formula is C17Br33. The van der Waals surface area contributed by atoms with Gasteiger partial charge >= 0.3 is 0 Å². The molecule has 0 aromatic heterocycles. The molecule has 0 saturated heterocycles. The van der Waals surface area contributed by atoms with Crippen molar-refractivity contribution in [3.63, 3.8) is 0 Å². The van der Waals surface area contributed by atoms with Gasteiger partial charge in [-0.05, 0) is 0 Å². The Kier molecular flexibility index (Phi) is 25.6. The number of rotatable bonds is 0. The van der Waals surface area contributed by atoms with E-state index in [0.717, 1.165) is 0 Å². The van der Waals surface area contributed by atoms with Crippen molar-refractivity contribution in [3.8, 4) is 0 Å². The average Bonchev–Trinajstić information content (AvgIpc) is 2.90. The van der Waals surface area contributed by atoms with Crippen LogP contribution in [0.5, 0.6) is 0 Å². The standard InChI is InChI=1S/C17Br33/c18-1-2(19,20)4(23,24)6(27,28)8(31,32)10(35,36)12(39,40)14(43,44)16(47,48)17(49,50)15(45,46)13(41,42)11(37,38)9(33,34)7(29,30)5(25,26)3(1,21)22. The fourth-order valence-electron chi connectivity index (χ4n) is 3.23. The minimum atomic E-state index is -1.29. The summed E-state index contributed by atoms with van der Waals surface area (Å²) >= 11 is 132. The van der Waals surface area contributed by atoms with E-state index >= 15 is 0 Å². The van der Waals surface area contributed by atoms with Crippen LogP contribution >= 0.6 is 526 Å². The van der Waals surface area contributed by atoms with Gasteiger partial charge in [-0.3, -0.25) is 0 Å². The summed E-state index contributed by atoms with van der Waals surface area (Å²) in [6.07, 6.45) is 0. The Labute approximate surface area is 567 Å². The summed E-state index contributed by atoms with van der Waals surface area (Å²) in [4.78, 5) is 0.547. The zero-order chi connectivity index (χ0) is 41.6. The lowest BCUT2D eigenvalue weighted by Crippen LogP contribution is -2.73. The molecule has 1 saturated carbocycles. The van der Waals surface area contributed by atoms with Crippen LogP contribution in [0.15, 0.2) is 0 Å². The molecule has 0 aliphatic heterocycles. The summed E-state index contributed by atoms with van der Waals surface area (Å²) in [7, 11) is 0. The lowest BCUT2D eigenvalue weighted by molar-refractivity contribution is 0.528. The summed E-state index contributed by atoms with van der Waals surface area (Å²) in [5.41, 5.74) is 0. The highest BCUT2D eigenvalue weighted by Crippen LogP contribution is 2.85. The van der Waals surface area contributed by atoms with Crippen LogP contribution in [0.4, 0.5) is 0 Å². The van der Waals surface area contributed by atoms with Crippen molar-refractivity contribution in [1.82, 2.24) is 0 Å². The van der Waals surface area contributed by atoms with Crippen molar-refractivity contribution in [3.05, 3.63) is 4.83 Å². The van der Waals surface area contributed by atoms with Gasteiger partial charge in [-0.25, -0.2) is 0 Å². The Bertz CT molecular complexity index is 1200. The summed E-state index contributed by atoms with van der Waals surface area (Å²) in [6.45, 7) is 0. The van der Waals surface area contributed by atoms with Gasteiger partial charge in [0.25, 0.3) is 0 Å². The predicted octanol–water partition coefficient (Wildman–Crippen LogP) is 24.7. The molecular weight excluding hydrogens is 2840 g/mol. The fourth-order valence-corrected chi connectivity index (χ4v) is 39.5. The van der Waals surface area contributed by atoms with Crippen molar-refractivity contribution in [2.45, 2.75) is 51.7 Å². The Hall–Kier alpha value is 15.8. The van der Waals surface area contributed by atoms with E-state index < -0.39 is 51.7 Å². The van der Waals surface area contributed by atoms with Crippen LogP contribution < -0.4 is 0 Å². The fraction of sp³-hybridized carbons (Fsp3) is 0.941. The Morgan fingerprint density at radius 1 is 0.160 bits per heavy atom. The molecule has 0 aromatic rings. The van der Waals surface area contributed by atoms with Gasteiger partial charge < -0.3 is 0 Å². The second-order valence-corrected chi connectivity index (χ2v) is 65.4. The van der Waals surface area contributed by atoms with Crippen LogP contribution in [0.3, 0.4) is 0 Å². The van der Waals surface area contributed by atoms with Crippen LogP contribution in [-0.4, -0.2) is 51.7 Å². The number of hydrogen-bond acceptors (Lipinski definition) is 0. The van der Waals surface area contributed by atoms with Gasteiger partial charge in [0.15, 0.2) is 0 Å². The number of halogens is 33. The molecule has 0 atom stereocenters. The topological polar surface area (TPSA) is 0 Å². The van der Waals surface area contributed by atoms with Crippen molar-refractivity contribution >= 4 is 526 Å². The molecule has 0 amide bonds. The zero-order valence-electron chi connectivity index (χ0n) is 21.0. The third-order valence-corrected chi connectivity index (χ3v) is 79.0. The summed E-state index contributed by atoms with van der Waals surface area (Å²) in [5, 5.41) is 0. The largest absolute Gasteiger partial charge is 0.135 e. The average molecular weight is 2840 g/mol. The van der Waals surface area contributed by atoms with E-state index in [2.05, 4.69) is 526 Å². The lowest BCUT2D eigenvalue weighted by Gasteiger charge is -2.61. The number of hydrogen-bond donors (Lipinski definition) is 0. The molecule has 1 rings (SSSR count). The third kappa shape index (κ3) is 9.51. The first-order valence-electron chi connectivity index (χ1n) is 10.5. The minimum absolute atomic E-state index is 0.547. The van der Waals surface area contributed by atoms with Crippen LogP contribution in [0, 0.1) is 4.83 Å². The predicted molar refractivity (Wildman–Crippen MR) is 342 cm³/mol. The van der Waals surface area contributed by atoms with Gasteiger partial charge in [0.1, 0.15) is 56.6 Å². The molecule has 1 fully saturated rings. The van der Waals surface area contributed by atoms with E-state index in [9.17, 15) is 0 Å². The molecule has 0 N–H and O–H groups in total. The summed E-state index contributed by atoms with van der Waals surface area (Å²) in [5.74, 6) is 0. The SMILES string of the molecule is Br[C]1C(Br)(Br)C(Br)(Br)C(Br)(Br)C(Br)(Br)C(Br)(Br)C(Br)(Br)C(Br)(Br)C(Br)(Br)C(Br)(Br)C(Br)(Br)C(Br)(Br)C(Br)(Br)C(Br)(Br)C(Br)(Br)C(Br)(Br)C1(Br)Br. The molecule has 299 valence electrons. The molecule has 0 spiro atoms. The van der Waals surface area contributed by atoms with Gasteiger partial charge in [-0.15, -0.1) is 0 Å². The molecule has 50 heavy (non-hydrogen) atoms. The van der Waals surface area contributed by atoms with Crippen molar-refractivity contribution in [1.29, 1.82) is 0 Å². The maximum atomic E-state index is 4.02. The van der Waals surface area contributed by atoms with Crippen molar-refractivity contribution in [2.75, 3.05) is 0 Å². The molecule has 1 radical (unpaired) electrons. The second kappa shape index (κ2) is 20.0. The normalized spacial score (nSPS) is 33.8. The van der Waals surface area contributed by atoms with E-state index in [1.165, 1.54) is 0 Å². The Morgan fingerprint density at radius 3 is 0.340 bits per heavy atom. The third-order valence-electron chi connectivity index (χ3n) is 6.47. The molecule has 0 aromatic carbocycles. The van der Waals surface area contributed by atoms with E-state index in [4.69, 9.17) is 0 Å². The van der Waals surface area contributed by atoms with E-state index in [1.807, 2.05) is 0 Å². The quantitative estimate of drug-likeness (QED) is 0.212. The molecule has 0 bridgehead atoms. The highest BCUT2D eigenvalue weighted by Gasteiger charge is 2.85. The molecule has 0 unspecified atom stereocenters. The molecule has 0 heterocycles. The molecule has 1 aliphatic carbocycles. The van der Waals surface area contributed by atoms with Gasteiger partial charge in [-0.2, -0.15) is 0 Å². The lowest BCUT2D eigenvalue weighted by atomic mass is 10.0. The van der Waals surface area contributed by atoms with Crippen molar-refractivity contribution in [2.24, 2.45) is 0 Å². The first-order valence-corrected chi connectivity index (χ1v) is 36.7. The summed E-state index contributed by atoms with van der Waals surface area (Å²) < 4.78 is -20.3. The number of alkyl halides is 32. The van der Waals surface area contributed by atoms with E-state index in [-0.39, 0.29) is 0 Å². The van der Waals surface area contributed by atoms with Gasteiger partial charge in [0.2, 0.25) is 0 Å². The van der Waals surface area contributed by atoms with E-state index in [1.54, 1.807) is 0 Å². The molecule has 33 heteroatoms. The molecule has 1 aliphatic rings. The first kappa shape index (κ1) is 63.9. The van der Waals surface area contributed by atoms with Crippen LogP contribution in [-0.2, 0) is 0 Å².